The Hall–Kier alpha value is -1.31. The maximum Gasteiger partial charge on any atom is 0.0925 e. The third kappa shape index (κ3) is 1.00. The molecule has 0 spiro atoms. The zero-order chi connectivity index (χ0) is 7.84. The van der Waals surface area contributed by atoms with Crippen LogP contribution >= 0.6 is 0 Å². The Kier molecular flexibility index (Phi) is 1.22. The van der Waals surface area contributed by atoms with E-state index in [1.165, 1.54) is 10.9 Å². The molecule has 56 valence electrons. The largest absolute Gasteiger partial charge is 0.275 e. The Morgan fingerprint density at radius 3 is 3.00 bits per heavy atom. The van der Waals surface area contributed by atoms with E-state index in [1.54, 1.807) is 0 Å². The van der Waals surface area contributed by atoms with Crippen LogP contribution in [0.3, 0.4) is 0 Å². The first kappa shape index (κ1) is 6.40. The van der Waals surface area contributed by atoms with Crippen LogP contribution < -0.4 is 0 Å². The average Bonchev–Trinajstić information content (AvgIpc) is 2.27. The van der Waals surface area contributed by atoms with Crippen molar-refractivity contribution in [3.63, 3.8) is 0 Å². The van der Waals surface area contributed by atoms with Crippen LogP contribution in [-0.2, 0) is 7.05 Å². The summed E-state index contributed by atoms with van der Waals surface area (Å²) in [5.74, 6) is 0. The van der Waals surface area contributed by atoms with E-state index in [9.17, 15) is 0 Å². The van der Waals surface area contributed by atoms with Crippen molar-refractivity contribution >= 4 is 10.9 Å². The summed E-state index contributed by atoms with van der Waals surface area (Å²) in [4.78, 5) is 0. The van der Waals surface area contributed by atoms with E-state index < -0.39 is 0 Å². The molecule has 0 aliphatic carbocycles. The molecule has 0 aliphatic rings. The first-order valence-corrected chi connectivity index (χ1v) is 3.66. The summed E-state index contributed by atoms with van der Waals surface area (Å²) in [6.45, 7) is 2.08. The highest BCUT2D eigenvalue weighted by atomic mass is 15.2. The van der Waals surface area contributed by atoms with Crippen molar-refractivity contribution < 1.29 is 0 Å². The number of nitrogens with zero attached hydrogens (tertiary/aromatic N) is 2. The summed E-state index contributed by atoms with van der Waals surface area (Å²) in [6.07, 6.45) is 2.02. The molecule has 0 saturated heterocycles. The van der Waals surface area contributed by atoms with Gasteiger partial charge in [0.1, 0.15) is 0 Å². The summed E-state index contributed by atoms with van der Waals surface area (Å²) in [6, 6.07) is 6.29. The van der Waals surface area contributed by atoms with Gasteiger partial charge in [-0.25, -0.2) is 0 Å². The van der Waals surface area contributed by atoms with Gasteiger partial charge in [-0.05, 0) is 18.6 Å². The Labute approximate surface area is 65.5 Å². The van der Waals surface area contributed by atoms with Gasteiger partial charge < -0.3 is 0 Å². The van der Waals surface area contributed by atoms with Gasteiger partial charge in [-0.3, -0.25) is 4.68 Å². The van der Waals surface area contributed by atoms with Gasteiger partial charge in [-0.2, -0.15) is 5.10 Å². The van der Waals surface area contributed by atoms with E-state index >= 15 is 0 Å². The quantitative estimate of drug-likeness (QED) is 0.555. The minimum atomic E-state index is 1.08. The summed E-state index contributed by atoms with van der Waals surface area (Å²) >= 11 is 0. The zero-order valence-electron chi connectivity index (χ0n) is 6.70. The molecule has 0 amide bonds. The first-order chi connectivity index (χ1) is 5.25. The highest BCUT2D eigenvalue weighted by molar-refractivity contribution is 5.78. The second-order valence-electron chi connectivity index (χ2n) is 2.87. The molecule has 0 atom stereocenters. The second kappa shape index (κ2) is 2.09. The van der Waals surface area contributed by atoms with Crippen molar-refractivity contribution in [3.8, 4) is 0 Å². The standard InChI is InChI=1S/C9H10N2/c1-7-3-4-8-6-11(2)10-9(8)5-7/h3-6H,1-2H3. The molecule has 0 N–H and O–H groups in total. The van der Waals surface area contributed by atoms with Gasteiger partial charge in [-0.1, -0.05) is 12.1 Å². The highest BCUT2D eigenvalue weighted by Gasteiger charge is 1.95. The summed E-state index contributed by atoms with van der Waals surface area (Å²) < 4.78 is 1.84. The van der Waals surface area contributed by atoms with Crippen LogP contribution in [-0.4, -0.2) is 9.78 Å². The third-order valence-electron chi connectivity index (χ3n) is 1.78. The van der Waals surface area contributed by atoms with E-state index in [-0.39, 0.29) is 0 Å². The maximum absolute atomic E-state index is 4.29. The van der Waals surface area contributed by atoms with Crippen molar-refractivity contribution in [2.24, 2.45) is 7.05 Å². The minimum absolute atomic E-state index is 1.08. The van der Waals surface area contributed by atoms with Gasteiger partial charge >= 0.3 is 0 Å². The van der Waals surface area contributed by atoms with E-state index in [2.05, 4.69) is 30.2 Å². The summed E-state index contributed by atoms with van der Waals surface area (Å²) in [7, 11) is 1.94. The first-order valence-electron chi connectivity index (χ1n) is 3.66. The highest BCUT2D eigenvalue weighted by Crippen LogP contribution is 2.12. The molecule has 1 aromatic heterocycles. The molecule has 0 unspecified atom stereocenters. The van der Waals surface area contributed by atoms with Gasteiger partial charge in [0.15, 0.2) is 0 Å². The molecule has 1 aromatic carbocycles. The van der Waals surface area contributed by atoms with Crippen molar-refractivity contribution in [1.82, 2.24) is 9.78 Å². The number of aryl methyl sites for hydroxylation is 2. The lowest BCUT2D eigenvalue weighted by Gasteiger charge is -1.88. The molecule has 2 rings (SSSR count). The second-order valence-corrected chi connectivity index (χ2v) is 2.87. The summed E-state index contributed by atoms with van der Waals surface area (Å²) in [5.41, 5.74) is 2.34. The van der Waals surface area contributed by atoms with E-state index in [4.69, 9.17) is 0 Å². The van der Waals surface area contributed by atoms with Gasteiger partial charge in [0.05, 0.1) is 5.52 Å². The lowest BCUT2D eigenvalue weighted by molar-refractivity contribution is 0.779. The normalized spacial score (nSPS) is 10.7. The predicted octanol–water partition coefficient (Wildman–Crippen LogP) is 1.88. The summed E-state index contributed by atoms with van der Waals surface area (Å²) in [5, 5.41) is 5.50. The van der Waals surface area contributed by atoms with Crippen molar-refractivity contribution in [2.75, 3.05) is 0 Å². The molecule has 0 saturated carbocycles. The lowest BCUT2D eigenvalue weighted by atomic mass is 10.2. The number of hydrogen-bond donors (Lipinski definition) is 0. The fraction of sp³-hybridized carbons (Fsp3) is 0.222. The zero-order valence-corrected chi connectivity index (χ0v) is 6.70. The number of fused-ring (bicyclic) bond motifs is 1. The average molecular weight is 146 g/mol. The van der Waals surface area contributed by atoms with Gasteiger partial charge in [0.25, 0.3) is 0 Å². The molecule has 1 heterocycles. The van der Waals surface area contributed by atoms with Crippen molar-refractivity contribution in [1.29, 1.82) is 0 Å². The van der Waals surface area contributed by atoms with Crippen molar-refractivity contribution in [3.05, 3.63) is 30.0 Å². The van der Waals surface area contributed by atoms with Gasteiger partial charge in [0.2, 0.25) is 0 Å². The molecule has 0 aliphatic heterocycles. The van der Waals surface area contributed by atoms with Crippen LogP contribution in [0.2, 0.25) is 0 Å². The SMILES string of the molecule is Cc1ccc2cn(C)nc2c1. The fourth-order valence-electron chi connectivity index (χ4n) is 1.25. The van der Waals surface area contributed by atoms with Crippen LogP contribution in [0.5, 0.6) is 0 Å². The fourth-order valence-corrected chi connectivity index (χ4v) is 1.25. The Bertz CT molecular complexity index is 387. The third-order valence-corrected chi connectivity index (χ3v) is 1.78. The van der Waals surface area contributed by atoms with Crippen LogP contribution in [0, 0.1) is 6.92 Å². The van der Waals surface area contributed by atoms with E-state index in [0.29, 0.717) is 0 Å². The van der Waals surface area contributed by atoms with Crippen molar-refractivity contribution in [2.45, 2.75) is 6.92 Å². The van der Waals surface area contributed by atoms with E-state index in [0.717, 1.165) is 5.52 Å². The molecule has 2 aromatic rings. The van der Waals surface area contributed by atoms with Crippen LogP contribution in [0.25, 0.3) is 10.9 Å². The van der Waals surface area contributed by atoms with Gasteiger partial charge in [-0.15, -0.1) is 0 Å². The molecular weight excluding hydrogens is 136 g/mol. The van der Waals surface area contributed by atoms with Gasteiger partial charge in [0, 0.05) is 18.6 Å². The maximum atomic E-state index is 4.29. The minimum Gasteiger partial charge on any atom is -0.275 e. The number of rotatable bonds is 0. The van der Waals surface area contributed by atoms with Crippen LogP contribution in [0.1, 0.15) is 5.56 Å². The topological polar surface area (TPSA) is 17.8 Å². The number of aromatic nitrogens is 2. The molecular formula is C9H10N2. The number of hydrogen-bond acceptors (Lipinski definition) is 1. The smallest absolute Gasteiger partial charge is 0.0925 e. The Balaban J connectivity index is 2.82. The molecule has 2 nitrogen and oxygen atoms in total. The molecule has 11 heavy (non-hydrogen) atoms. The van der Waals surface area contributed by atoms with Crippen LogP contribution in [0.15, 0.2) is 24.4 Å². The molecule has 2 heteroatoms. The molecule has 0 radical (unpaired) electrons. The molecule has 0 fully saturated rings. The monoisotopic (exact) mass is 146 g/mol. The molecule has 0 bridgehead atoms. The van der Waals surface area contributed by atoms with E-state index in [1.807, 2.05) is 17.9 Å². The predicted molar refractivity (Wildman–Crippen MR) is 45.5 cm³/mol. The van der Waals surface area contributed by atoms with Crippen LogP contribution in [0.4, 0.5) is 0 Å². The number of benzene rings is 1. The Morgan fingerprint density at radius 1 is 1.36 bits per heavy atom. The lowest BCUT2D eigenvalue weighted by Crippen LogP contribution is -1.84. The Morgan fingerprint density at radius 2 is 2.18 bits per heavy atom.